The normalized spacial score (nSPS) is 11.6. The van der Waals surface area contributed by atoms with Crippen LogP contribution in [0.1, 0.15) is 33.6 Å². The third-order valence-corrected chi connectivity index (χ3v) is 5.08. The van der Waals surface area contributed by atoms with Crippen LogP contribution >= 0.6 is 11.3 Å². The average Bonchev–Trinajstić information content (AvgIpc) is 2.93. The first-order valence-electron chi connectivity index (χ1n) is 8.46. The van der Waals surface area contributed by atoms with Gasteiger partial charge in [0.2, 0.25) is 0 Å². The van der Waals surface area contributed by atoms with E-state index in [-0.39, 0.29) is 0 Å². The molecule has 0 aliphatic carbocycles. The molecule has 0 atom stereocenters. The van der Waals surface area contributed by atoms with Gasteiger partial charge in [0, 0.05) is 38.5 Å². The van der Waals surface area contributed by atoms with Gasteiger partial charge in [0.25, 0.3) is 0 Å². The van der Waals surface area contributed by atoms with Gasteiger partial charge in [-0.25, -0.2) is 4.98 Å². The lowest BCUT2D eigenvalue weighted by molar-refractivity contribution is 0.477. The molecule has 1 aromatic carbocycles. The van der Waals surface area contributed by atoms with Gasteiger partial charge in [-0.05, 0) is 25.8 Å². The van der Waals surface area contributed by atoms with Crippen molar-refractivity contribution in [2.75, 3.05) is 20.6 Å². The molecule has 0 spiro atoms. The molecule has 0 saturated heterocycles. The molecule has 1 heterocycles. The smallest absolute Gasteiger partial charge is 0.193 e. The molecule has 130 valence electrons. The van der Waals surface area contributed by atoms with E-state index in [2.05, 4.69) is 67.3 Å². The lowest BCUT2D eigenvalue weighted by Gasteiger charge is -2.22. The summed E-state index contributed by atoms with van der Waals surface area (Å²) in [5.74, 6) is 0.916. The van der Waals surface area contributed by atoms with E-state index < -0.39 is 0 Å². The second-order valence-electron chi connectivity index (χ2n) is 6.03. The van der Waals surface area contributed by atoms with E-state index in [0.29, 0.717) is 0 Å². The largest absolute Gasteiger partial charge is 0.356 e. The van der Waals surface area contributed by atoms with Gasteiger partial charge in [-0.1, -0.05) is 36.8 Å². The zero-order valence-electron chi connectivity index (χ0n) is 15.4. The number of thiazole rings is 1. The monoisotopic (exact) mass is 344 g/mol. The Morgan fingerprint density at radius 2 is 1.96 bits per heavy atom. The van der Waals surface area contributed by atoms with Crippen LogP contribution in [-0.2, 0) is 19.4 Å². The number of rotatable bonds is 6. The summed E-state index contributed by atoms with van der Waals surface area (Å²) in [6.45, 7) is 8.11. The van der Waals surface area contributed by atoms with Crippen molar-refractivity contribution in [3.05, 3.63) is 51.0 Å². The molecule has 0 radical (unpaired) electrons. The van der Waals surface area contributed by atoms with E-state index >= 15 is 0 Å². The van der Waals surface area contributed by atoms with E-state index in [4.69, 9.17) is 4.98 Å². The highest BCUT2D eigenvalue weighted by molar-refractivity contribution is 7.11. The predicted octanol–water partition coefficient (Wildman–Crippen LogP) is 3.57. The van der Waals surface area contributed by atoms with Crippen LogP contribution < -0.4 is 5.32 Å². The maximum Gasteiger partial charge on any atom is 0.193 e. The SMILES string of the molecule is CCc1nc(CCNC(=NC)N(C)Cc2ccc(C)cc2)sc1C. The lowest BCUT2D eigenvalue weighted by atomic mass is 10.1. The van der Waals surface area contributed by atoms with Crippen LogP contribution in [0.15, 0.2) is 29.3 Å². The molecule has 4 nitrogen and oxygen atoms in total. The third kappa shape index (κ3) is 5.06. The van der Waals surface area contributed by atoms with E-state index in [1.807, 2.05) is 7.05 Å². The third-order valence-electron chi connectivity index (χ3n) is 4.01. The first-order valence-corrected chi connectivity index (χ1v) is 9.27. The number of hydrogen-bond acceptors (Lipinski definition) is 3. The van der Waals surface area contributed by atoms with Crippen LogP contribution in [0.25, 0.3) is 0 Å². The number of guanidine groups is 1. The van der Waals surface area contributed by atoms with Crippen molar-refractivity contribution in [2.45, 2.75) is 40.2 Å². The topological polar surface area (TPSA) is 40.5 Å². The molecular formula is C19H28N4S. The Labute approximate surface area is 149 Å². The van der Waals surface area contributed by atoms with Crippen molar-refractivity contribution in [1.82, 2.24) is 15.2 Å². The van der Waals surface area contributed by atoms with Crippen LogP contribution in [0.3, 0.4) is 0 Å². The minimum absolute atomic E-state index is 0.844. The fourth-order valence-electron chi connectivity index (χ4n) is 2.63. The van der Waals surface area contributed by atoms with Gasteiger partial charge < -0.3 is 10.2 Å². The van der Waals surface area contributed by atoms with Gasteiger partial charge in [-0.2, -0.15) is 0 Å². The average molecular weight is 345 g/mol. The van der Waals surface area contributed by atoms with Crippen molar-refractivity contribution < 1.29 is 0 Å². The van der Waals surface area contributed by atoms with Crippen LogP contribution in [0, 0.1) is 13.8 Å². The van der Waals surface area contributed by atoms with E-state index in [1.165, 1.54) is 26.7 Å². The summed E-state index contributed by atoms with van der Waals surface area (Å²) < 4.78 is 0. The molecule has 0 saturated carbocycles. The maximum absolute atomic E-state index is 4.70. The molecule has 0 fully saturated rings. The van der Waals surface area contributed by atoms with Crippen LogP contribution in [0.4, 0.5) is 0 Å². The first-order chi connectivity index (χ1) is 11.5. The number of aryl methyl sites for hydroxylation is 3. The Morgan fingerprint density at radius 1 is 1.25 bits per heavy atom. The Balaban J connectivity index is 1.85. The molecule has 0 aliphatic heterocycles. The lowest BCUT2D eigenvalue weighted by Crippen LogP contribution is -2.39. The molecule has 0 amide bonds. The molecule has 0 bridgehead atoms. The van der Waals surface area contributed by atoms with Gasteiger partial charge >= 0.3 is 0 Å². The molecule has 1 N–H and O–H groups in total. The highest BCUT2D eigenvalue weighted by Gasteiger charge is 2.08. The summed E-state index contributed by atoms with van der Waals surface area (Å²) in [6.07, 6.45) is 1.94. The number of benzene rings is 1. The zero-order valence-corrected chi connectivity index (χ0v) is 16.2. The summed E-state index contributed by atoms with van der Waals surface area (Å²) in [6, 6.07) is 8.64. The summed E-state index contributed by atoms with van der Waals surface area (Å²) in [5, 5.41) is 4.64. The van der Waals surface area contributed by atoms with Crippen molar-refractivity contribution in [3.8, 4) is 0 Å². The number of aromatic nitrogens is 1. The summed E-state index contributed by atoms with van der Waals surface area (Å²) in [4.78, 5) is 12.6. The maximum atomic E-state index is 4.70. The molecule has 1 aromatic heterocycles. The van der Waals surface area contributed by atoms with Gasteiger partial charge in [0.15, 0.2) is 5.96 Å². The van der Waals surface area contributed by atoms with Crippen molar-refractivity contribution >= 4 is 17.3 Å². The van der Waals surface area contributed by atoms with Gasteiger partial charge in [0.1, 0.15) is 0 Å². The number of aliphatic imine (C=N–C) groups is 1. The van der Waals surface area contributed by atoms with Crippen molar-refractivity contribution in [1.29, 1.82) is 0 Å². The molecule has 5 heteroatoms. The molecule has 24 heavy (non-hydrogen) atoms. The summed E-state index contributed by atoms with van der Waals surface area (Å²) in [5.41, 5.74) is 3.80. The Bertz CT molecular complexity index is 673. The number of nitrogens with zero attached hydrogens (tertiary/aromatic N) is 3. The Kier molecular flexibility index (Phi) is 6.79. The minimum atomic E-state index is 0.844. The van der Waals surface area contributed by atoms with E-state index in [9.17, 15) is 0 Å². The molecule has 2 rings (SSSR count). The second kappa shape index (κ2) is 8.83. The predicted molar refractivity (Wildman–Crippen MR) is 104 cm³/mol. The van der Waals surface area contributed by atoms with Gasteiger partial charge in [-0.3, -0.25) is 4.99 Å². The Morgan fingerprint density at radius 3 is 2.54 bits per heavy atom. The van der Waals surface area contributed by atoms with Crippen LogP contribution in [0.2, 0.25) is 0 Å². The molecule has 2 aromatic rings. The minimum Gasteiger partial charge on any atom is -0.356 e. The molecule has 0 aliphatic rings. The molecular weight excluding hydrogens is 316 g/mol. The van der Waals surface area contributed by atoms with Gasteiger partial charge in [-0.15, -0.1) is 11.3 Å². The standard InChI is InChI=1S/C19H28N4S/c1-6-17-15(3)24-18(22-17)11-12-21-19(20-4)23(5)13-16-9-7-14(2)8-10-16/h7-10H,6,11-13H2,1-5H3,(H,20,21). The fraction of sp³-hybridized carbons (Fsp3) is 0.474. The Hall–Kier alpha value is -1.88. The zero-order chi connectivity index (χ0) is 17.5. The number of nitrogens with one attached hydrogen (secondary N) is 1. The quantitative estimate of drug-likeness (QED) is 0.643. The summed E-state index contributed by atoms with van der Waals surface area (Å²) >= 11 is 1.81. The van der Waals surface area contributed by atoms with E-state index in [1.54, 1.807) is 11.3 Å². The fourth-order valence-corrected chi connectivity index (χ4v) is 3.65. The first kappa shape index (κ1) is 18.5. The summed E-state index contributed by atoms with van der Waals surface area (Å²) in [7, 11) is 3.90. The number of hydrogen-bond donors (Lipinski definition) is 1. The highest BCUT2D eigenvalue weighted by atomic mass is 32.1. The second-order valence-corrected chi connectivity index (χ2v) is 7.32. The van der Waals surface area contributed by atoms with Crippen LogP contribution in [-0.4, -0.2) is 36.5 Å². The van der Waals surface area contributed by atoms with Gasteiger partial charge in [0.05, 0.1) is 10.7 Å². The van der Waals surface area contributed by atoms with Crippen molar-refractivity contribution in [3.63, 3.8) is 0 Å². The molecule has 0 unspecified atom stereocenters. The van der Waals surface area contributed by atoms with Crippen molar-refractivity contribution in [2.24, 2.45) is 4.99 Å². The van der Waals surface area contributed by atoms with Crippen LogP contribution in [0.5, 0.6) is 0 Å². The highest BCUT2D eigenvalue weighted by Crippen LogP contribution is 2.18. The van der Waals surface area contributed by atoms with E-state index in [0.717, 1.165) is 31.9 Å².